The topological polar surface area (TPSA) is 28.4 Å². The van der Waals surface area contributed by atoms with E-state index < -0.39 is 7.40 Å². The first-order chi connectivity index (χ1) is 12.1. The third-order valence-electron chi connectivity index (χ3n) is 6.20. The van der Waals surface area contributed by atoms with Gasteiger partial charge in [-0.3, -0.25) is 8.63 Å². The molecule has 0 bridgehead atoms. The van der Waals surface area contributed by atoms with E-state index in [1.54, 1.807) is 6.92 Å². The molecule has 1 aliphatic rings. The Morgan fingerprint density at radius 3 is 2.08 bits per heavy atom. The Labute approximate surface area is 156 Å². The Balaban J connectivity index is 2.90. The number of nitrogens with zero attached hydrogens (tertiary/aromatic N) is 2. The van der Waals surface area contributed by atoms with Gasteiger partial charge in [0.15, 0.2) is 0 Å². The molecule has 2 heterocycles. The van der Waals surface area contributed by atoms with Crippen LogP contribution in [-0.4, -0.2) is 41.1 Å². The number of allylic oxidation sites excluding steroid dienone is 1. The highest BCUT2D eigenvalue weighted by Gasteiger charge is 2.40. The van der Waals surface area contributed by atoms with E-state index in [9.17, 15) is 13.7 Å². The second kappa shape index (κ2) is 7.22. The highest BCUT2D eigenvalue weighted by atomic mass is 19.2. The van der Waals surface area contributed by atoms with E-state index in [1.165, 1.54) is 5.57 Å². The minimum Gasteiger partial charge on any atom is -0.392 e. The molecule has 0 saturated carbocycles. The van der Waals surface area contributed by atoms with Crippen LogP contribution in [0.15, 0.2) is 16.8 Å². The highest BCUT2D eigenvalue weighted by Crippen LogP contribution is 2.45. The molecule has 0 aromatic carbocycles. The van der Waals surface area contributed by atoms with Crippen LogP contribution in [-0.2, 0) is 6.42 Å². The van der Waals surface area contributed by atoms with Gasteiger partial charge in [0.1, 0.15) is 0 Å². The molecule has 1 aliphatic heterocycles. The van der Waals surface area contributed by atoms with E-state index in [1.807, 2.05) is 27.8 Å². The van der Waals surface area contributed by atoms with E-state index in [4.69, 9.17) is 0 Å². The van der Waals surface area contributed by atoms with E-state index >= 15 is 0 Å². The summed E-state index contributed by atoms with van der Waals surface area (Å²) < 4.78 is 28.9. The average molecular weight is 364 g/mol. The SMILES string of the molecule is CCC1=C(C)/C(=C(\CO)c2c(C)c(CC)c(C)n2B(F)F)N(C)C1(C)C. The molecular weight excluding hydrogens is 333 g/mol. The zero-order chi connectivity index (χ0) is 20.0. The monoisotopic (exact) mass is 364 g/mol. The van der Waals surface area contributed by atoms with E-state index in [0.717, 1.165) is 33.3 Å². The first kappa shape index (κ1) is 20.8. The van der Waals surface area contributed by atoms with Crippen LogP contribution in [0.3, 0.4) is 0 Å². The van der Waals surface area contributed by atoms with Gasteiger partial charge in [-0.05, 0) is 69.7 Å². The molecule has 144 valence electrons. The van der Waals surface area contributed by atoms with Gasteiger partial charge < -0.3 is 14.5 Å². The van der Waals surface area contributed by atoms with Gasteiger partial charge in [-0.1, -0.05) is 13.8 Å². The Morgan fingerprint density at radius 2 is 1.69 bits per heavy atom. The van der Waals surface area contributed by atoms with Gasteiger partial charge in [0, 0.05) is 29.7 Å². The Morgan fingerprint density at radius 1 is 1.12 bits per heavy atom. The first-order valence-corrected chi connectivity index (χ1v) is 9.33. The summed E-state index contributed by atoms with van der Waals surface area (Å²) in [5, 5.41) is 10.2. The molecule has 1 aromatic heterocycles. The largest absolute Gasteiger partial charge is 0.677 e. The number of aliphatic hydroxyl groups is 1. The number of hydrogen-bond donors (Lipinski definition) is 1. The molecule has 0 amide bonds. The molecule has 3 nitrogen and oxygen atoms in total. The normalized spacial score (nSPS) is 18.8. The van der Waals surface area contributed by atoms with Gasteiger partial charge in [0.2, 0.25) is 0 Å². The number of aromatic nitrogens is 1. The van der Waals surface area contributed by atoms with Gasteiger partial charge in [-0.15, -0.1) is 0 Å². The van der Waals surface area contributed by atoms with Crippen LogP contribution in [0.25, 0.3) is 5.57 Å². The molecule has 0 unspecified atom stereocenters. The standard InChI is InChI=1S/C20H31BF2N2O/c1-9-15-12(3)19(25(14(15)5)21(22)23)16(11-26)18-13(4)17(10-2)20(6,7)24(18)8/h26H,9-11H2,1-8H3/b18-16-. The summed E-state index contributed by atoms with van der Waals surface area (Å²) in [6, 6.07) is 0. The summed E-state index contributed by atoms with van der Waals surface area (Å²) >= 11 is 0. The molecule has 0 saturated heterocycles. The summed E-state index contributed by atoms with van der Waals surface area (Å²) in [6.07, 6.45) is 1.58. The lowest BCUT2D eigenvalue weighted by atomic mass is 9.91. The first-order valence-electron chi connectivity index (χ1n) is 9.33. The lowest BCUT2D eigenvalue weighted by molar-refractivity contribution is 0.267. The van der Waals surface area contributed by atoms with Crippen molar-refractivity contribution >= 4 is 13.0 Å². The number of halogens is 2. The van der Waals surface area contributed by atoms with Crippen LogP contribution < -0.4 is 0 Å². The zero-order valence-electron chi connectivity index (χ0n) is 17.3. The van der Waals surface area contributed by atoms with Gasteiger partial charge in [0.25, 0.3) is 0 Å². The van der Waals surface area contributed by atoms with Crippen LogP contribution in [0.4, 0.5) is 8.63 Å². The van der Waals surface area contributed by atoms with Crippen molar-refractivity contribution in [3.8, 4) is 0 Å². The summed E-state index contributed by atoms with van der Waals surface area (Å²) in [6.45, 7) is 13.8. The smallest absolute Gasteiger partial charge is 0.392 e. The average Bonchev–Trinajstić information content (AvgIpc) is 2.90. The Bertz CT molecular complexity index is 775. The fraction of sp³-hybridized carbons (Fsp3) is 0.600. The van der Waals surface area contributed by atoms with Gasteiger partial charge in [-0.25, -0.2) is 0 Å². The molecule has 0 aliphatic carbocycles. The molecule has 0 spiro atoms. The van der Waals surface area contributed by atoms with Crippen molar-refractivity contribution < 1.29 is 13.7 Å². The van der Waals surface area contributed by atoms with Crippen molar-refractivity contribution in [1.29, 1.82) is 0 Å². The maximum absolute atomic E-state index is 13.9. The van der Waals surface area contributed by atoms with Crippen molar-refractivity contribution in [2.45, 2.75) is 66.8 Å². The summed E-state index contributed by atoms with van der Waals surface area (Å²) in [5.41, 5.74) is 6.44. The van der Waals surface area contributed by atoms with Crippen LogP contribution in [0.2, 0.25) is 0 Å². The van der Waals surface area contributed by atoms with Crippen molar-refractivity contribution in [1.82, 2.24) is 9.38 Å². The second-order valence-corrected chi connectivity index (χ2v) is 7.60. The van der Waals surface area contributed by atoms with E-state index in [2.05, 4.69) is 25.7 Å². The number of likely N-dealkylation sites (N-methyl/N-ethyl adjacent to an activating group) is 1. The summed E-state index contributed by atoms with van der Waals surface area (Å²) in [7, 11) is -0.656. The van der Waals surface area contributed by atoms with Crippen molar-refractivity contribution in [3.05, 3.63) is 39.4 Å². The van der Waals surface area contributed by atoms with E-state index in [-0.39, 0.29) is 12.1 Å². The quantitative estimate of drug-likeness (QED) is 0.774. The number of aliphatic hydroxyl groups excluding tert-OH is 1. The highest BCUT2D eigenvalue weighted by molar-refractivity contribution is 6.41. The molecule has 0 fully saturated rings. The molecule has 2 rings (SSSR count). The summed E-state index contributed by atoms with van der Waals surface area (Å²) in [5.74, 6) is 0. The van der Waals surface area contributed by atoms with Crippen molar-refractivity contribution in [2.24, 2.45) is 0 Å². The van der Waals surface area contributed by atoms with Crippen molar-refractivity contribution in [2.75, 3.05) is 13.7 Å². The molecule has 6 heteroatoms. The molecule has 0 atom stereocenters. The van der Waals surface area contributed by atoms with Crippen molar-refractivity contribution in [3.63, 3.8) is 0 Å². The fourth-order valence-electron chi connectivity index (χ4n) is 4.77. The Hall–Kier alpha value is -1.56. The number of hydrogen-bond acceptors (Lipinski definition) is 2. The van der Waals surface area contributed by atoms with Crippen LogP contribution >= 0.6 is 0 Å². The van der Waals surface area contributed by atoms with E-state index in [0.29, 0.717) is 23.4 Å². The maximum Gasteiger partial charge on any atom is 0.677 e. The zero-order valence-corrected chi connectivity index (χ0v) is 17.3. The van der Waals surface area contributed by atoms with Crippen LogP contribution in [0.1, 0.15) is 63.6 Å². The molecule has 26 heavy (non-hydrogen) atoms. The minimum atomic E-state index is -2.64. The second-order valence-electron chi connectivity index (χ2n) is 7.60. The third-order valence-corrected chi connectivity index (χ3v) is 6.20. The molecule has 0 radical (unpaired) electrons. The number of rotatable bonds is 5. The fourth-order valence-corrected chi connectivity index (χ4v) is 4.77. The summed E-state index contributed by atoms with van der Waals surface area (Å²) in [4.78, 5) is 2.12. The Kier molecular flexibility index (Phi) is 5.76. The third kappa shape index (κ3) is 2.83. The van der Waals surface area contributed by atoms with Gasteiger partial charge in [0.05, 0.1) is 12.1 Å². The van der Waals surface area contributed by atoms with Gasteiger partial charge in [-0.2, -0.15) is 0 Å². The van der Waals surface area contributed by atoms with Crippen LogP contribution in [0.5, 0.6) is 0 Å². The maximum atomic E-state index is 13.9. The predicted octanol–water partition coefficient (Wildman–Crippen LogP) is 4.59. The molecule has 1 N–H and O–H groups in total. The molecular formula is C20H31BF2N2O. The van der Waals surface area contributed by atoms with Gasteiger partial charge >= 0.3 is 7.40 Å². The minimum absolute atomic E-state index is 0.201. The lowest BCUT2D eigenvalue weighted by Crippen LogP contribution is -2.37. The lowest BCUT2D eigenvalue weighted by Gasteiger charge is -2.34. The molecule has 1 aromatic rings. The van der Waals surface area contributed by atoms with Crippen LogP contribution in [0, 0.1) is 13.8 Å². The predicted molar refractivity (Wildman–Crippen MR) is 105 cm³/mol.